The van der Waals surface area contributed by atoms with Crippen molar-refractivity contribution in [1.82, 2.24) is 19.8 Å². The number of amides is 1. The van der Waals surface area contributed by atoms with Crippen LogP contribution in [-0.4, -0.2) is 38.1 Å². The number of thiocarbonyl (C=S) groups is 1. The zero-order valence-electron chi connectivity index (χ0n) is 24.3. The van der Waals surface area contributed by atoms with E-state index in [9.17, 15) is 4.79 Å². The first kappa shape index (κ1) is 32.0. The van der Waals surface area contributed by atoms with E-state index in [1.54, 1.807) is 30.7 Å². The summed E-state index contributed by atoms with van der Waals surface area (Å²) in [5.74, 6) is 0.00454. The highest BCUT2D eigenvalue weighted by Crippen LogP contribution is 2.27. The molecule has 0 aliphatic heterocycles. The predicted molar refractivity (Wildman–Crippen MR) is 177 cm³/mol. The van der Waals surface area contributed by atoms with Crippen LogP contribution in [0.4, 0.5) is 5.69 Å². The van der Waals surface area contributed by atoms with Gasteiger partial charge >= 0.3 is 0 Å². The molecule has 2 N–H and O–H groups in total. The summed E-state index contributed by atoms with van der Waals surface area (Å²) in [5, 5.41) is 17.1. The van der Waals surface area contributed by atoms with Crippen molar-refractivity contribution in [1.29, 1.82) is 5.26 Å². The summed E-state index contributed by atoms with van der Waals surface area (Å²) in [6, 6.07) is 22.8. The molecule has 0 bridgehead atoms. The maximum Gasteiger partial charge on any atom is 0.226 e. The Morgan fingerprint density at radius 1 is 1.09 bits per heavy atom. The van der Waals surface area contributed by atoms with Crippen LogP contribution in [-0.2, 0) is 24.3 Å². The van der Waals surface area contributed by atoms with Crippen LogP contribution >= 0.6 is 35.4 Å². The lowest BCUT2D eigenvalue weighted by Gasteiger charge is -2.33. The number of carbonyl (C=O) groups is 1. The highest BCUT2D eigenvalue weighted by Gasteiger charge is 2.24. The van der Waals surface area contributed by atoms with Gasteiger partial charge in [-0.3, -0.25) is 4.79 Å². The van der Waals surface area contributed by atoms with Crippen LogP contribution in [0.3, 0.4) is 0 Å². The molecule has 0 aliphatic carbocycles. The summed E-state index contributed by atoms with van der Waals surface area (Å²) in [6.07, 6.45) is 3.60. The lowest BCUT2D eigenvalue weighted by Crippen LogP contribution is -2.49. The van der Waals surface area contributed by atoms with E-state index in [1.165, 1.54) is 0 Å². The molecule has 4 aromatic rings. The first-order valence-electron chi connectivity index (χ1n) is 14.0. The smallest absolute Gasteiger partial charge is 0.226 e. The highest BCUT2D eigenvalue weighted by atomic mass is 35.5. The molecule has 222 valence electrons. The van der Waals surface area contributed by atoms with Gasteiger partial charge in [0.05, 0.1) is 34.4 Å². The zero-order chi connectivity index (χ0) is 30.9. The molecule has 4 rings (SSSR count). The van der Waals surface area contributed by atoms with Crippen molar-refractivity contribution in [3.63, 3.8) is 0 Å². The molecule has 0 aliphatic rings. The summed E-state index contributed by atoms with van der Waals surface area (Å²) in [5.41, 5.74) is 5.23. The second-order valence-electron chi connectivity index (χ2n) is 10.8. The number of para-hydroxylation sites is 1. The Hall–Kier alpha value is -3.90. The summed E-state index contributed by atoms with van der Waals surface area (Å²) in [6.45, 7) is 7.58. The third kappa shape index (κ3) is 8.80. The van der Waals surface area contributed by atoms with Crippen LogP contribution in [0.5, 0.6) is 0 Å². The van der Waals surface area contributed by atoms with Crippen LogP contribution in [0.15, 0.2) is 79.3 Å². The fraction of sp³-hybridized carbons (Fsp3) is 0.273. The number of aromatic nitrogens is 2. The Labute approximate surface area is 268 Å². The van der Waals surface area contributed by atoms with E-state index in [2.05, 4.69) is 35.5 Å². The molecule has 3 aromatic carbocycles. The molecule has 1 aromatic heterocycles. The van der Waals surface area contributed by atoms with Crippen LogP contribution in [0.1, 0.15) is 41.8 Å². The zero-order valence-corrected chi connectivity index (χ0v) is 26.7. The summed E-state index contributed by atoms with van der Waals surface area (Å²) in [4.78, 5) is 19.7. The van der Waals surface area contributed by atoms with E-state index < -0.39 is 0 Å². The molecule has 43 heavy (non-hydrogen) atoms. The third-order valence-electron chi connectivity index (χ3n) is 7.21. The first-order chi connectivity index (χ1) is 20.6. The minimum absolute atomic E-state index is 0.112. The Morgan fingerprint density at radius 2 is 1.84 bits per heavy atom. The number of benzene rings is 3. The molecular formula is C33H34Cl2N6OS. The summed E-state index contributed by atoms with van der Waals surface area (Å²) in [7, 11) is 0. The van der Waals surface area contributed by atoms with E-state index in [4.69, 9.17) is 40.7 Å². The largest absolute Gasteiger partial charge is 0.351 e. The van der Waals surface area contributed by atoms with Crippen molar-refractivity contribution in [3.05, 3.63) is 117 Å². The van der Waals surface area contributed by atoms with Gasteiger partial charge in [-0.25, -0.2) is 4.98 Å². The van der Waals surface area contributed by atoms with Crippen molar-refractivity contribution in [2.24, 2.45) is 5.92 Å². The van der Waals surface area contributed by atoms with E-state index in [0.717, 1.165) is 28.1 Å². The lowest BCUT2D eigenvalue weighted by atomic mass is 10.0. The van der Waals surface area contributed by atoms with Crippen LogP contribution < -0.4 is 10.6 Å². The predicted octanol–water partition coefficient (Wildman–Crippen LogP) is 7.00. The third-order valence-corrected chi connectivity index (χ3v) is 8.43. The number of nitriles is 1. The second-order valence-corrected chi connectivity index (χ2v) is 11.9. The van der Waals surface area contributed by atoms with E-state index >= 15 is 0 Å². The van der Waals surface area contributed by atoms with E-state index in [-0.39, 0.29) is 24.3 Å². The SMILES string of the molecule is Cc1ccccc1NC(=S)N(Cc1cccc(Cl)c1Cl)C[C@@H](NC(=O)Cc1cncn1Cc1ccc(C#N)cc1)C(C)C. The number of halogens is 2. The molecule has 1 amide bonds. The van der Waals surface area contributed by atoms with Gasteiger partial charge in [-0.05, 0) is 66.0 Å². The van der Waals surface area contributed by atoms with Gasteiger partial charge in [-0.1, -0.05) is 79.5 Å². The van der Waals surface area contributed by atoms with Gasteiger partial charge in [0.15, 0.2) is 5.11 Å². The van der Waals surface area contributed by atoms with Crippen molar-refractivity contribution >= 4 is 52.1 Å². The van der Waals surface area contributed by atoms with Gasteiger partial charge in [0.2, 0.25) is 5.91 Å². The maximum atomic E-state index is 13.4. The normalized spacial score (nSPS) is 11.6. The van der Waals surface area contributed by atoms with Gasteiger partial charge in [-0.15, -0.1) is 0 Å². The molecular weight excluding hydrogens is 599 g/mol. The fourth-order valence-electron chi connectivity index (χ4n) is 4.60. The molecule has 0 unspecified atom stereocenters. The minimum Gasteiger partial charge on any atom is -0.351 e. The average Bonchev–Trinajstić information content (AvgIpc) is 3.41. The highest BCUT2D eigenvalue weighted by molar-refractivity contribution is 7.80. The van der Waals surface area contributed by atoms with Crippen LogP contribution in [0.25, 0.3) is 0 Å². The standard InChI is InChI=1S/C33H34Cl2N6OS/c1-22(2)30(38-31(42)15-27-17-37-21-41(27)18-25-13-11-24(16-36)12-14-25)20-40(19-26-8-6-9-28(34)32(26)35)33(43)39-29-10-5-4-7-23(29)3/h4-14,17,21-22,30H,15,18-20H2,1-3H3,(H,38,42)(H,39,43)/t30-/m1/s1. The van der Waals surface area contributed by atoms with E-state index in [1.807, 2.05) is 64.9 Å². The number of rotatable bonds is 11. The molecule has 10 heteroatoms. The second kappa shape index (κ2) is 15.0. The number of nitrogens with zero attached hydrogens (tertiary/aromatic N) is 4. The number of nitrogens with one attached hydrogen (secondary N) is 2. The molecule has 7 nitrogen and oxygen atoms in total. The van der Waals surface area contributed by atoms with Gasteiger partial charge < -0.3 is 20.1 Å². The number of hydrogen-bond donors (Lipinski definition) is 2. The van der Waals surface area contributed by atoms with Crippen LogP contribution in [0, 0.1) is 24.2 Å². The number of carbonyl (C=O) groups excluding carboxylic acids is 1. The molecule has 0 spiro atoms. The quantitative estimate of drug-likeness (QED) is 0.173. The first-order valence-corrected chi connectivity index (χ1v) is 15.1. The summed E-state index contributed by atoms with van der Waals surface area (Å²) >= 11 is 18.8. The van der Waals surface area contributed by atoms with Crippen molar-refractivity contribution in [2.75, 3.05) is 11.9 Å². The average molecular weight is 634 g/mol. The van der Waals surface area contributed by atoms with Gasteiger partial charge in [0.25, 0.3) is 0 Å². The maximum absolute atomic E-state index is 13.4. The van der Waals surface area contributed by atoms with Gasteiger partial charge in [-0.2, -0.15) is 5.26 Å². The van der Waals surface area contributed by atoms with E-state index in [0.29, 0.717) is 40.4 Å². The van der Waals surface area contributed by atoms with Crippen molar-refractivity contribution in [3.8, 4) is 6.07 Å². The fourth-order valence-corrected chi connectivity index (χ4v) is 5.23. The molecule has 0 saturated heterocycles. The number of imidazole rings is 1. The monoisotopic (exact) mass is 632 g/mol. The minimum atomic E-state index is -0.211. The van der Waals surface area contributed by atoms with Crippen LogP contribution in [0.2, 0.25) is 10.0 Å². The topological polar surface area (TPSA) is 86.0 Å². The molecule has 0 fully saturated rings. The molecule has 1 atom stereocenters. The summed E-state index contributed by atoms with van der Waals surface area (Å²) < 4.78 is 1.94. The Morgan fingerprint density at radius 3 is 2.53 bits per heavy atom. The Balaban J connectivity index is 1.49. The Bertz CT molecular complexity index is 1610. The lowest BCUT2D eigenvalue weighted by molar-refractivity contribution is -0.121. The number of aryl methyl sites for hydroxylation is 1. The van der Waals surface area contributed by atoms with Gasteiger partial charge in [0.1, 0.15) is 0 Å². The molecule has 1 heterocycles. The van der Waals surface area contributed by atoms with Crippen molar-refractivity contribution < 1.29 is 4.79 Å². The van der Waals surface area contributed by atoms with Crippen molar-refractivity contribution in [2.45, 2.75) is 46.3 Å². The number of anilines is 1. The van der Waals surface area contributed by atoms with Gasteiger partial charge in [0, 0.05) is 43.3 Å². The number of hydrogen-bond acceptors (Lipinski definition) is 4. The molecule has 0 saturated carbocycles. The Kier molecular flexibility index (Phi) is 11.2. The molecule has 0 radical (unpaired) electrons.